The summed E-state index contributed by atoms with van der Waals surface area (Å²) in [7, 11) is 0. The molecule has 2 aromatic carbocycles. The van der Waals surface area contributed by atoms with E-state index in [-0.39, 0.29) is 6.61 Å². The molecule has 1 heterocycles. The number of rotatable bonds is 7. The summed E-state index contributed by atoms with van der Waals surface area (Å²) in [6, 6.07) is 17.9. The summed E-state index contributed by atoms with van der Waals surface area (Å²) in [6.45, 7) is 5.87. The third kappa shape index (κ3) is 5.46. The number of aliphatic hydroxyl groups excluding tert-OH is 1. The molecule has 1 aliphatic heterocycles. The summed E-state index contributed by atoms with van der Waals surface area (Å²) in [5.41, 5.74) is 7.80. The van der Waals surface area contributed by atoms with Crippen LogP contribution in [0.4, 0.5) is 5.69 Å². The predicted molar refractivity (Wildman–Crippen MR) is 101 cm³/mol. The SMILES string of the molecule is Nc1ccccc1OCC(O)CN1CCN(Cc2ccccc2)CC1. The van der Waals surface area contributed by atoms with Crippen LogP contribution < -0.4 is 10.5 Å². The van der Waals surface area contributed by atoms with E-state index in [1.165, 1.54) is 5.56 Å². The second-order valence-corrected chi connectivity index (χ2v) is 6.57. The molecule has 3 N–H and O–H groups in total. The largest absolute Gasteiger partial charge is 0.489 e. The maximum atomic E-state index is 10.2. The molecular formula is C20H27N3O2. The highest BCUT2D eigenvalue weighted by atomic mass is 16.5. The quantitative estimate of drug-likeness (QED) is 0.753. The summed E-state index contributed by atoms with van der Waals surface area (Å²) in [5.74, 6) is 0.634. The van der Waals surface area contributed by atoms with E-state index in [9.17, 15) is 5.11 Å². The van der Waals surface area contributed by atoms with Crippen molar-refractivity contribution in [2.75, 3.05) is 45.1 Å². The molecule has 134 valence electrons. The molecule has 2 aromatic rings. The minimum absolute atomic E-state index is 0.262. The van der Waals surface area contributed by atoms with Gasteiger partial charge >= 0.3 is 0 Å². The zero-order chi connectivity index (χ0) is 17.5. The van der Waals surface area contributed by atoms with E-state index >= 15 is 0 Å². The number of nitrogens with two attached hydrogens (primary N) is 1. The predicted octanol–water partition coefficient (Wildman–Crippen LogP) is 1.83. The zero-order valence-electron chi connectivity index (χ0n) is 14.6. The lowest BCUT2D eigenvalue weighted by atomic mass is 10.2. The zero-order valence-corrected chi connectivity index (χ0v) is 14.6. The Bertz CT molecular complexity index is 642. The van der Waals surface area contributed by atoms with Crippen LogP contribution in [0.25, 0.3) is 0 Å². The second kappa shape index (κ2) is 8.85. The van der Waals surface area contributed by atoms with Crippen molar-refractivity contribution in [3.63, 3.8) is 0 Å². The lowest BCUT2D eigenvalue weighted by Gasteiger charge is -2.35. The molecular weight excluding hydrogens is 314 g/mol. The number of para-hydroxylation sites is 2. The number of aliphatic hydroxyl groups is 1. The van der Waals surface area contributed by atoms with E-state index in [0.29, 0.717) is 18.0 Å². The van der Waals surface area contributed by atoms with Crippen LogP contribution in [-0.4, -0.2) is 60.3 Å². The van der Waals surface area contributed by atoms with Gasteiger partial charge < -0.3 is 15.6 Å². The minimum atomic E-state index is -0.514. The lowest BCUT2D eigenvalue weighted by molar-refractivity contribution is 0.0448. The van der Waals surface area contributed by atoms with Gasteiger partial charge in [0.25, 0.3) is 0 Å². The second-order valence-electron chi connectivity index (χ2n) is 6.57. The molecule has 0 aromatic heterocycles. The van der Waals surface area contributed by atoms with Gasteiger partial charge in [-0.1, -0.05) is 42.5 Å². The molecule has 0 spiro atoms. The Balaban J connectivity index is 1.37. The summed E-state index contributed by atoms with van der Waals surface area (Å²) in [5, 5.41) is 10.2. The molecule has 0 saturated carbocycles. The van der Waals surface area contributed by atoms with Crippen molar-refractivity contribution in [2.24, 2.45) is 0 Å². The monoisotopic (exact) mass is 341 g/mol. The molecule has 1 fully saturated rings. The van der Waals surface area contributed by atoms with Gasteiger partial charge in [-0.2, -0.15) is 0 Å². The van der Waals surface area contributed by atoms with Crippen molar-refractivity contribution < 1.29 is 9.84 Å². The fourth-order valence-electron chi connectivity index (χ4n) is 3.12. The van der Waals surface area contributed by atoms with E-state index in [2.05, 4.69) is 34.1 Å². The Labute approximate surface area is 149 Å². The van der Waals surface area contributed by atoms with Crippen LogP contribution in [0.3, 0.4) is 0 Å². The van der Waals surface area contributed by atoms with Crippen molar-refractivity contribution in [3.8, 4) is 5.75 Å². The smallest absolute Gasteiger partial charge is 0.142 e. The molecule has 3 rings (SSSR count). The van der Waals surface area contributed by atoms with Crippen molar-refractivity contribution in [1.29, 1.82) is 0 Å². The van der Waals surface area contributed by atoms with Crippen molar-refractivity contribution in [2.45, 2.75) is 12.6 Å². The fraction of sp³-hybridized carbons (Fsp3) is 0.400. The highest BCUT2D eigenvalue weighted by Gasteiger charge is 2.19. The average molecular weight is 341 g/mol. The Morgan fingerprint density at radius 1 is 0.920 bits per heavy atom. The van der Waals surface area contributed by atoms with Gasteiger partial charge in [-0.25, -0.2) is 0 Å². The van der Waals surface area contributed by atoms with E-state index in [4.69, 9.17) is 10.5 Å². The number of β-amino-alcohol motifs (C(OH)–C–C–N with tert-alkyl or cyclic N) is 1. The minimum Gasteiger partial charge on any atom is -0.489 e. The van der Waals surface area contributed by atoms with Gasteiger partial charge in [-0.05, 0) is 17.7 Å². The van der Waals surface area contributed by atoms with Crippen molar-refractivity contribution in [3.05, 3.63) is 60.2 Å². The number of nitrogen functional groups attached to an aromatic ring is 1. The molecule has 1 saturated heterocycles. The third-order valence-corrected chi connectivity index (χ3v) is 4.53. The fourth-order valence-corrected chi connectivity index (χ4v) is 3.12. The summed E-state index contributed by atoms with van der Waals surface area (Å²) in [4.78, 5) is 4.75. The molecule has 25 heavy (non-hydrogen) atoms. The van der Waals surface area contributed by atoms with Gasteiger partial charge in [0.1, 0.15) is 18.5 Å². The van der Waals surface area contributed by atoms with Crippen LogP contribution in [0.5, 0.6) is 5.75 Å². The molecule has 0 aliphatic carbocycles. The number of nitrogens with zero attached hydrogens (tertiary/aromatic N) is 2. The maximum Gasteiger partial charge on any atom is 0.142 e. The first kappa shape index (κ1) is 17.7. The standard InChI is InChI=1S/C20H27N3O2/c21-19-8-4-5-9-20(19)25-16-18(24)15-23-12-10-22(11-13-23)14-17-6-2-1-3-7-17/h1-9,18,24H,10-16,21H2. The normalized spacial score (nSPS) is 17.3. The molecule has 5 heteroatoms. The summed E-state index contributed by atoms with van der Waals surface area (Å²) < 4.78 is 5.63. The van der Waals surface area contributed by atoms with Crippen LogP contribution in [-0.2, 0) is 6.54 Å². The van der Waals surface area contributed by atoms with Crippen molar-refractivity contribution in [1.82, 2.24) is 9.80 Å². The van der Waals surface area contributed by atoms with Crippen LogP contribution in [0.1, 0.15) is 5.56 Å². The Morgan fingerprint density at radius 2 is 1.56 bits per heavy atom. The topological polar surface area (TPSA) is 62.0 Å². The molecule has 1 unspecified atom stereocenters. The van der Waals surface area contributed by atoms with Gasteiger partial charge in [-0.15, -0.1) is 0 Å². The van der Waals surface area contributed by atoms with Gasteiger partial charge in [-0.3, -0.25) is 9.80 Å². The van der Waals surface area contributed by atoms with Crippen molar-refractivity contribution >= 4 is 5.69 Å². The van der Waals surface area contributed by atoms with Crippen LogP contribution in [0.2, 0.25) is 0 Å². The van der Waals surface area contributed by atoms with Crippen LogP contribution in [0, 0.1) is 0 Å². The van der Waals surface area contributed by atoms with Gasteiger partial charge in [0.2, 0.25) is 0 Å². The van der Waals surface area contributed by atoms with E-state index in [1.807, 2.05) is 24.3 Å². The Kier molecular flexibility index (Phi) is 6.28. The average Bonchev–Trinajstić information content (AvgIpc) is 2.64. The van der Waals surface area contributed by atoms with Gasteiger partial charge in [0, 0.05) is 39.3 Å². The first-order chi connectivity index (χ1) is 12.2. The molecule has 5 nitrogen and oxygen atoms in total. The molecule has 1 atom stereocenters. The molecule has 0 bridgehead atoms. The van der Waals surface area contributed by atoms with E-state index < -0.39 is 6.10 Å². The number of anilines is 1. The van der Waals surface area contributed by atoms with Gasteiger partial charge in [0.05, 0.1) is 5.69 Å². The summed E-state index contributed by atoms with van der Waals surface area (Å²) >= 11 is 0. The molecule has 1 aliphatic rings. The van der Waals surface area contributed by atoms with Gasteiger partial charge in [0.15, 0.2) is 0 Å². The highest BCUT2D eigenvalue weighted by molar-refractivity contribution is 5.51. The van der Waals surface area contributed by atoms with E-state index in [1.54, 1.807) is 6.07 Å². The third-order valence-electron chi connectivity index (χ3n) is 4.53. The molecule has 0 radical (unpaired) electrons. The number of hydrogen-bond donors (Lipinski definition) is 2. The van der Waals surface area contributed by atoms with Crippen LogP contribution >= 0.6 is 0 Å². The maximum absolute atomic E-state index is 10.2. The summed E-state index contributed by atoms with van der Waals surface area (Å²) in [6.07, 6.45) is -0.514. The first-order valence-corrected chi connectivity index (χ1v) is 8.85. The Morgan fingerprint density at radius 3 is 2.28 bits per heavy atom. The lowest BCUT2D eigenvalue weighted by Crippen LogP contribution is -2.48. The van der Waals surface area contributed by atoms with E-state index in [0.717, 1.165) is 32.7 Å². The number of hydrogen-bond acceptors (Lipinski definition) is 5. The number of piperazine rings is 1. The van der Waals surface area contributed by atoms with Crippen LogP contribution in [0.15, 0.2) is 54.6 Å². The molecule has 0 amide bonds. The number of ether oxygens (including phenoxy) is 1. The number of benzene rings is 2. The Hall–Kier alpha value is -2.08. The first-order valence-electron chi connectivity index (χ1n) is 8.85. The highest BCUT2D eigenvalue weighted by Crippen LogP contribution is 2.19.